The molecule has 0 saturated heterocycles. The van der Waals surface area contributed by atoms with Crippen molar-refractivity contribution >= 4 is 40.4 Å². The van der Waals surface area contributed by atoms with Gasteiger partial charge in [0.2, 0.25) is 0 Å². The van der Waals surface area contributed by atoms with Gasteiger partial charge >= 0.3 is 0 Å². The number of halogens is 2. The molecule has 0 fully saturated rings. The molecule has 0 aliphatic carbocycles. The van der Waals surface area contributed by atoms with Crippen molar-refractivity contribution in [3.8, 4) is 0 Å². The molecule has 2 N–H and O–H groups in total. The molecule has 2 aromatic rings. The Morgan fingerprint density at radius 1 is 1.35 bits per heavy atom. The summed E-state index contributed by atoms with van der Waals surface area (Å²) >= 11 is 14.2. The Morgan fingerprint density at radius 2 is 2.17 bits per heavy atom. The zero-order valence-electron chi connectivity index (χ0n) is 12.9. The molecule has 1 amide bonds. The highest BCUT2D eigenvalue weighted by Crippen LogP contribution is 2.40. The second-order valence-electron chi connectivity index (χ2n) is 5.61. The molecular weight excluding hydrogens is 351 g/mol. The van der Waals surface area contributed by atoms with E-state index >= 15 is 0 Å². The van der Waals surface area contributed by atoms with Crippen LogP contribution in [0.15, 0.2) is 29.6 Å². The number of nitrogens with zero attached hydrogens (tertiary/aromatic N) is 1. The lowest BCUT2D eigenvalue weighted by molar-refractivity contribution is -0.641. The van der Waals surface area contributed by atoms with Crippen molar-refractivity contribution in [3.05, 3.63) is 55.7 Å². The van der Waals surface area contributed by atoms with Gasteiger partial charge in [-0.05, 0) is 48.1 Å². The topological polar surface area (TPSA) is 36.9 Å². The van der Waals surface area contributed by atoms with Crippen LogP contribution in [-0.2, 0) is 11.2 Å². The monoisotopic (exact) mass is 369 g/mol. The molecule has 0 radical (unpaired) electrons. The number of likely N-dealkylation sites (N-methyl/N-ethyl adjacent to an activating group) is 1. The zero-order valence-corrected chi connectivity index (χ0v) is 15.2. The van der Waals surface area contributed by atoms with Crippen molar-refractivity contribution in [2.45, 2.75) is 19.4 Å². The number of carbonyl (C=O) groups is 1. The van der Waals surface area contributed by atoms with Crippen LogP contribution in [-0.4, -0.2) is 30.4 Å². The molecule has 0 unspecified atom stereocenters. The molecule has 0 spiro atoms. The SMILES string of the molecule is CC[NH2+]CC(=O)N1CCc2sccc2[C@H]1c1ccc(Cl)cc1Cl. The van der Waals surface area contributed by atoms with Crippen molar-refractivity contribution in [2.24, 2.45) is 0 Å². The maximum absolute atomic E-state index is 12.7. The number of hydrogen-bond acceptors (Lipinski definition) is 2. The maximum Gasteiger partial charge on any atom is 0.278 e. The number of fused-ring (bicyclic) bond motifs is 1. The van der Waals surface area contributed by atoms with Crippen LogP contribution in [0.5, 0.6) is 0 Å². The Balaban J connectivity index is 2.01. The Morgan fingerprint density at radius 3 is 2.91 bits per heavy atom. The largest absolute Gasteiger partial charge is 0.339 e. The molecule has 6 heteroatoms. The zero-order chi connectivity index (χ0) is 16.4. The third kappa shape index (κ3) is 3.41. The fourth-order valence-corrected chi connectivity index (χ4v) is 4.44. The maximum atomic E-state index is 12.7. The molecule has 3 rings (SSSR count). The van der Waals surface area contributed by atoms with Gasteiger partial charge in [0.05, 0.1) is 12.6 Å². The van der Waals surface area contributed by atoms with Gasteiger partial charge in [-0.1, -0.05) is 29.3 Å². The number of amides is 1. The Hall–Kier alpha value is -1.07. The Kier molecular flexibility index (Phi) is 5.27. The van der Waals surface area contributed by atoms with Crippen molar-refractivity contribution in [1.82, 2.24) is 4.90 Å². The molecule has 3 nitrogen and oxygen atoms in total. The first-order valence-corrected chi connectivity index (χ1v) is 9.37. The highest BCUT2D eigenvalue weighted by molar-refractivity contribution is 7.10. The molecule has 2 heterocycles. The summed E-state index contributed by atoms with van der Waals surface area (Å²) in [6, 6.07) is 7.52. The molecular formula is C17H19Cl2N2OS+. The van der Waals surface area contributed by atoms with Crippen molar-refractivity contribution in [1.29, 1.82) is 0 Å². The van der Waals surface area contributed by atoms with Gasteiger partial charge in [-0.25, -0.2) is 0 Å². The van der Waals surface area contributed by atoms with Gasteiger partial charge in [-0.15, -0.1) is 11.3 Å². The highest BCUT2D eigenvalue weighted by Gasteiger charge is 2.34. The van der Waals surface area contributed by atoms with Crippen LogP contribution in [0.2, 0.25) is 10.0 Å². The van der Waals surface area contributed by atoms with E-state index in [2.05, 4.69) is 11.4 Å². The summed E-state index contributed by atoms with van der Waals surface area (Å²) in [6.45, 7) is 4.15. The molecule has 1 atom stereocenters. The summed E-state index contributed by atoms with van der Waals surface area (Å²) in [5.74, 6) is 0.153. The van der Waals surface area contributed by atoms with Crippen LogP contribution in [0.1, 0.15) is 29.0 Å². The third-order valence-electron chi connectivity index (χ3n) is 4.15. The van der Waals surface area contributed by atoms with Gasteiger partial charge in [0.15, 0.2) is 6.54 Å². The predicted octanol–water partition coefficient (Wildman–Crippen LogP) is 3.11. The molecule has 23 heavy (non-hydrogen) atoms. The highest BCUT2D eigenvalue weighted by atomic mass is 35.5. The smallest absolute Gasteiger partial charge is 0.278 e. The van der Waals surface area contributed by atoms with E-state index in [0.717, 1.165) is 25.1 Å². The van der Waals surface area contributed by atoms with Gasteiger partial charge in [0.1, 0.15) is 0 Å². The lowest BCUT2D eigenvalue weighted by Crippen LogP contribution is -2.86. The van der Waals surface area contributed by atoms with Crippen molar-refractivity contribution in [3.63, 3.8) is 0 Å². The number of thiophene rings is 1. The normalized spacial score (nSPS) is 17.2. The van der Waals surface area contributed by atoms with Crippen LogP contribution < -0.4 is 5.32 Å². The van der Waals surface area contributed by atoms with E-state index in [0.29, 0.717) is 16.6 Å². The van der Waals surface area contributed by atoms with Crippen LogP contribution >= 0.6 is 34.5 Å². The minimum absolute atomic E-state index is 0.118. The van der Waals surface area contributed by atoms with E-state index in [9.17, 15) is 4.79 Å². The van der Waals surface area contributed by atoms with E-state index in [1.807, 2.05) is 29.3 Å². The Bertz CT molecular complexity index is 716. The molecule has 1 aliphatic rings. The third-order valence-corrected chi connectivity index (χ3v) is 5.71. The van der Waals surface area contributed by atoms with E-state index in [1.54, 1.807) is 17.4 Å². The van der Waals surface area contributed by atoms with Gasteiger partial charge < -0.3 is 10.2 Å². The first-order valence-electron chi connectivity index (χ1n) is 7.74. The minimum atomic E-state index is -0.118. The summed E-state index contributed by atoms with van der Waals surface area (Å²) in [7, 11) is 0. The van der Waals surface area contributed by atoms with Crippen LogP contribution in [0.3, 0.4) is 0 Å². The summed E-state index contributed by atoms with van der Waals surface area (Å²) in [5.41, 5.74) is 2.13. The summed E-state index contributed by atoms with van der Waals surface area (Å²) in [6.07, 6.45) is 0.909. The average molecular weight is 370 g/mol. The van der Waals surface area contributed by atoms with Gasteiger partial charge in [0.25, 0.3) is 5.91 Å². The van der Waals surface area contributed by atoms with Crippen LogP contribution in [0.4, 0.5) is 0 Å². The van der Waals surface area contributed by atoms with Crippen molar-refractivity contribution in [2.75, 3.05) is 19.6 Å². The lowest BCUT2D eigenvalue weighted by Gasteiger charge is -2.36. The molecule has 0 saturated carbocycles. The Labute approximate surface area is 150 Å². The average Bonchev–Trinajstić information content (AvgIpc) is 3.00. The van der Waals surface area contributed by atoms with E-state index in [-0.39, 0.29) is 11.9 Å². The standard InChI is InChI=1S/C17H18Cl2N2OS/c1-2-20-10-16(22)21-7-5-15-13(6-8-23-15)17(21)12-4-3-11(18)9-14(12)19/h3-4,6,8-9,17,20H,2,5,7,10H2,1H3/p+1/t17-/m1/s1. The number of carbonyl (C=O) groups excluding carboxylic acids is 1. The molecule has 1 aliphatic heterocycles. The predicted molar refractivity (Wildman–Crippen MR) is 95.4 cm³/mol. The molecule has 1 aromatic heterocycles. The van der Waals surface area contributed by atoms with Crippen molar-refractivity contribution < 1.29 is 10.1 Å². The second kappa shape index (κ2) is 7.22. The summed E-state index contributed by atoms with van der Waals surface area (Å²) < 4.78 is 0. The molecule has 122 valence electrons. The fraction of sp³-hybridized carbons (Fsp3) is 0.353. The molecule has 1 aromatic carbocycles. The molecule has 0 bridgehead atoms. The quantitative estimate of drug-likeness (QED) is 0.882. The second-order valence-corrected chi connectivity index (χ2v) is 7.45. The first-order chi connectivity index (χ1) is 11.1. The van der Waals surface area contributed by atoms with E-state index < -0.39 is 0 Å². The van der Waals surface area contributed by atoms with Crippen LogP contribution in [0.25, 0.3) is 0 Å². The number of hydrogen-bond donors (Lipinski definition) is 1. The lowest BCUT2D eigenvalue weighted by atomic mass is 9.93. The van der Waals surface area contributed by atoms with E-state index in [4.69, 9.17) is 23.2 Å². The van der Waals surface area contributed by atoms with Gasteiger partial charge in [-0.2, -0.15) is 0 Å². The first kappa shape index (κ1) is 16.8. The summed E-state index contributed by atoms with van der Waals surface area (Å²) in [4.78, 5) is 16.0. The minimum Gasteiger partial charge on any atom is -0.339 e. The number of quaternary nitrogens is 1. The fourth-order valence-electron chi connectivity index (χ4n) is 3.03. The van der Waals surface area contributed by atoms with Crippen LogP contribution in [0, 0.1) is 0 Å². The van der Waals surface area contributed by atoms with Gasteiger partial charge in [0, 0.05) is 21.5 Å². The summed E-state index contributed by atoms with van der Waals surface area (Å²) in [5, 5.41) is 5.33. The number of rotatable bonds is 4. The van der Waals surface area contributed by atoms with Gasteiger partial charge in [-0.3, -0.25) is 4.79 Å². The number of benzene rings is 1. The number of nitrogens with two attached hydrogens (primary N) is 1. The van der Waals surface area contributed by atoms with E-state index in [1.165, 1.54) is 10.4 Å².